The SMILES string of the molecule is CC(C)N1CCc2cc(CC#N)ccc2C1. The Morgan fingerprint density at radius 2 is 2.19 bits per heavy atom. The Kier molecular flexibility index (Phi) is 3.26. The molecule has 0 fully saturated rings. The van der Waals surface area contributed by atoms with Crippen molar-refractivity contribution in [3.05, 3.63) is 34.9 Å². The number of nitriles is 1. The van der Waals surface area contributed by atoms with E-state index in [2.05, 4.69) is 43.0 Å². The van der Waals surface area contributed by atoms with Crippen molar-refractivity contribution in [2.24, 2.45) is 0 Å². The summed E-state index contributed by atoms with van der Waals surface area (Å²) in [4.78, 5) is 2.49. The van der Waals surface area contributed by atoms with Crippen molar-refractivity contribution >= 4 is 0 Å². The Hall–Kier alpha value is -1.33. The Balaban J connectivity index is 2.19. The van der Waals surface area contributed by atoms with Crippen LogP contribution < -0.4 is 0 Å². The number of fused-ring (bicyclic) bond motifs is 1. The third-order valence-electron chi connectivity index (χ3n) is 3.33. The van der Waals surface area contributed by atoms with Crippen LogP contribution in [0, 0.1) is 11.3 Å². The van der Waals surface area contributed by atoms with Crippen molar-refractivity contribution < 1.29 is 0 Å². The number of hydrogen-bond acceptors (Lipinski definition) is 2. The van der Waals surface area contributed by atoms with Gasteiger partial charge in [-0.3, -0.25) is 4.90 Å². The number of hydrogen-bond donors (Lipinski definition) is 0. The molecule has 0 N–H and O–H groups in total. The number of benzene rings is 1. The Bertz CT molecular complexity index is 415. The van der Waals surface area contributed by atoms with Crippen molar-refractivity contribution in [3.63, 3.8) is 0 Å². The Morgan fingerprint density at radius 3 is 2.88 bits per heavy atom. The maximum absolute atomic E-state index is 8.68. The van der Waals surface area contributed by atoms with E-state index in [0.717, 1.165) is 25.1 Å². The van der Waals surface area contributed by atoms with Crippen LogP contribution in [0.15, 0.2) is 18.2 Å². The quantitative estimate of drug-likeness (QED) is 0.756. The number of nitrogens with zero attached hydrogens (tertiary/aromatic N) is 2. The molecule has 2 rings (SSSR count). The Labute approximate surface area is 97.5 Å². The first-order valence-electron chi connectivity index (χ1n) is 5.92. The lowest BCUT2D eigenvalue weighted by Gasteiger charge is -2.32. The van der Waals surface area contributed by atoms with Gasteiger partial charge in [0, 0.05) is 19.1 Å². The van der Waals surface area contributed by atoms with E-state index in [1.54, 1.807) is 0 Å². The minimum Gasteiger partial charge on any atom is -0.296 e. The maximum atomic E-state index is 8.68. The van der Waals surface area contributed by atoms with E-state index in [1.165, 1.54) is 11.1 Å². The monoisotopic (exact) mass is 214 g/mol. The van der Waals surface area contributed by atoms with Gasteiger partial charge in [0.2, 0.25) is 0 Å². The summed E-state index contributed by atoms with van der Waals surface area (Å²) in [5, 5.41) is 8.68. The van der Waals surface area contributed by atoms with E-state index in [9.17, 15) is 0 Å². The molecule has 0 atom stereocenters. The van der Waals surface area contributed by atoms with Crippen molar-refractivity contribution in [3.8, 4) is 6.07 Å². The molecule has 16 heavy (non-hydrogen) atoms. The lowest BCUT2D eigenvalue weighted by Crippen LogP contribution is -2.35. The van der Waals surface area contributed by atoms with Gasteiger partial charge in [0.05, 0.1) is 12.5 Å². The molecule has 1 heterocycles. The van der Waals surface area contributed by atoms with Gasteiger partial charge in [-0.05, 0) is 37.0 Å². The van der Waals surface area contributed by atoms with Gasteiger partial charge in [-0.25, -0.2) is 0 Å². The van der Waals surface area contributed by atoms with Gasteiger partial charge in [0.15, 0.2) is 0 Å². The van der Waals surface area contributed by atoms with Crippen molar-refractivity contribution in [1.29, 1.82) is 5.26 Å². The summed E-state index contributed by atoms with van der Waals surface area (Å²) < 4.78 is 0. The second kappa shape index (κ2) is 4.67. The fraction of sp³-hybridized carbons (Fsp3) is 0.500. The topological polar surface area (TPSA) is 27.0 Å². The molecule has 0 amide bonds. The standard InChI is InChI=1S/C14H18N2/c1-11(2)16-8-6-13-9-12(5-7-15)3-4-14(13)10-16/h3-4,9,11H,5-6,8,10H2,1-2H3. The zero-order chi connectivity index (χ0) is 11.5. The van der Waals surface area contributed by atoms with Crippen LogP contribution >= 0.6 is 0 Å². The third kappa shape index (κ3) is 2.25. The summed E-state index contributed by atoms with van der Waals surface area (Å²) >= 11 is 0. The van der Waals surface area contributed by atoms with Crippen LogP contribution in [0.5, 0.6) is 0 Å². The molecular weight excluding hydrogens is 196 g/mol. The summed E-state index contributed by atoms with van der Waals surface area (Å²) in [6.07, 6.45) is 1.65. The zero-order valence-corrected chi connectivity index (χ0v) is 10.0. The predicted molar refractivity (Wildman–Crippen MR) is 65.0 cm³/mol. The second-order valence-corrected chi connectivity index (χ2v) is 4.75. The first-order valence-corrected chi connectivity index (χ1v) is 5.92. The Morgan fingerprint density at radius 1 is 1.38 bits per heavy atom. The van der Waals surface area contributed by atoms with Gasteiger partial charge >= 0.3 is 0 Å². The lowest BCUT2D eigenvalue weighted by molar-refractivity contribution is 0.203. The van der Waals surface area contributed by atoms with Crippen LogP contribution in [-0.2, 0) is 19.4 Å². The van der Waals surface area contributed by atoms with Gasteiger partial charge in [0.25, 0.3) is 0 Å². The van der Waals surface area contributed by atoms with Gasteiger partial charge in [-0.1, -0.05) is 18.2 Å². The van der Waals surface area contributed by atoms with Crippen LogP contribution in [-0.4, -0.2) is 17.5 Å². The summed E-state index contributed by atoms with van der Waals surface area (Å²) in [6, 6.07) is 9.31. The first-order chi connectivity index (χ1) is 7.70. The molecule has 1 aliphatic heterocycles. The second-order valence-electron chi connectivity index (χ2n) is 4.75. The van der Waals surface area contributed by atoms with Crippen LogP contribution in [0.4, 0.5) is 0 Å². The number of rotatable bonds is 2. The maximum Gasteiger partial charge on any atom is 0.0669 e. The first kappa shape index (κ1) is 11.2. The smallest absolute Gasteiger partial charge is 0.0669 e. The highest BCUT2D eigenvalue weighted by Crippen LogP contribution is 2.21. The fourth-order valence-corrected chi connectivity index (χ4v) is 2.27. The van der Waals surface area contributed by atoms with E-state index in [1.807, 2.05) is 0 Å². The molecule has 0 unspecified atom stereocenters. The molecule has 2 nitrogen and oxygen atoms in total. The summed E-state index contributed by atoms with van der Waals surface area (Å²) in [5.74, 6) is 0. The van der Waals surface area contributed by atoms with Crippen LogP contribution in [0.1, 0.15) is 30.5 Å². The molecular formula is C14H18N2. The molecule has 0 bridgehead atoms. The molecule has 2 heteroatoms. The highest BCUT2D eigenvalue weighted by Gasteiger charge is 2.18. The van der Waals surface area contributed by atoms with Gasteiger partial charge < -0.3 is 0 Å². The highest BCUT2D eigenvalue weighted by molar-refractivity contribution is 5.34. The van der Waals surface area contributed by atoms with E-state index >= 15 is 0 Å². The van der Waals surface area contributed by atoms with Gasteiger partial charge in [-0.15, -0.1) is 0 Å². The molecule has 0 spiro atoms. The molecule has 1 aliphatic rings. The van der Waals surface area contributed by atoms with Crippen molar-refractivity contribution in [2.75, 3.05) is 6.54 Å². The van der Waals surface area contributed by atoms with E-state index < -0.39 is 0 Å². The molecule has 0 saturated heterocycles. The molecule has 1 aromatic carbocycles. The molecule has 0 aliphatic carbocycles. The zero-order valence-electron chi connectivity index (χ0n) is 10.0. The van der Waals surface area contributed by atoms with Crippen molar-refractivity contribution in [1.82, 2.24) is 4.90 Å². The average Bonchev–Trinajstić information content (AvgIpc) is 2.28. The van der Waals surface area contributed by atoms with Crippen LogP contribution in [0.2, 0.25) is 0 Å². The summed E-state index contributed by atoms with van der Waals surface area (Å²) in [5.41, 5.74) is 4.02. The molecule has 1 aromatic rings. The fourth-order valence-electron chi connectivity index (χ4n) is 2.27. The average molecular weight is 214 g/mol. The largest absolute Gasteiger partial charge is 0.296 e. The highest BCUT2D eigenvalue weighted by atomic mass is 15.1. The minimum atomic E-state index is 0.529. The van der Waals surface area contributed by atoms with Crippen LogP contribution in [0.25, 0.3) is 0 Å². The lowest BCUT2D eigenvalue weighted by atomic mass is 9.96. The normalized spacial score (nSPS) is 15.9. The van der Waals surface area contributed by atoms with Gasteiger partial charge in [-0.2, -0.15) is 5.26 Å². The molecule has 84 valence electrons. The predicted octanol–water partition coefficient (Wildman–Crippen LogP) is 2.52. The van der Waals surface area contributed by atoms with E-state index in [4.69, 9.17) is 5.26 Å². The van der Waals surface area contributed by atoms with Gasteiger partial charge in [0.1, 0.15) is 0 Å². The van der Waals surface area contributed by atoms with E-state index in [-0.39, 0.29) is 0 Å². The molecule has 0 saturated carbocycles. The third-order valence-corrected chi connectivity index (χ3v) is 3.33. The molecule has 0 aromatic heterocycles. The van der Waals surface area contributed by atoms with E-state index in [0.29, 0.717) is 12.5 Å². The van der Waals surface area contributed by atoms with Crippen LogP contribution in [0.3, 0.4) is 0 Å². The summed E-state index contributed by atoms with van der Waals surface area (Å²) in [6.45, 7) is 6.69. The van der Waals surface area contributed by atoms with Crippen molar-refractivity contribution in [2.45, 2.75) is 39.3 Å². The minimum absolute atomic E-state index is 0.529. The molecule has 0 radical (unpaired) electrons. The summed E-state index contributed by atoms with van der Waals surface area (Å²) in [7, 11) is 0.